The quantitative estimate of drug-likeness (QED) is 0.344. The number of amides is 1. The van der Waals surface area contributed by atoms with E-state index in [1.54, 1.807) is 12.2 Å². The highest BCUT2D eigenvalue weighted by Gasteiger charge is 2.28. The van der Waals surface area contributed by atoms with Gasteiger partial charge in [-0.1, -0.05) is 29.8 Å². The van der Waals surface area contributed by atoms with Gasteiger partial charge < -0.3 is 19.5 Å². The summed E-state index contributed by atoms with van der Waals surface area (Å²) in [5, 5.41) is 10.8. The van der Waals surface area contributed by atoms with Crippen molar-refractivity contribution in [1.29, 1.82) is 0 Å². The Morgan fingerprint density at radius 2 is 2.22 bits per heavy atom. The first-order valence-electron chi connectivity index (χ1n) is 9.87. The molecule has 4 rings (SSSR count). The van der Waals surface area contributed by atoms with Crippen LogP contribution in [0.2, 0.25) is 11.2 Å². The number of nitrogens with one attached hydrogen (secondary N) is 2. The summed E-state index contributed by atoms with van der Waals surface area (Å²) in [6, 6.07) is 1.85. The van der Waals surface area contributed by atoms with E-state index in [0.29, 0.717) is 17.9 Å². The molecule has 2 aliphatic rings. The van der Waals surface area contributed by atoms with Gasteiger partial charge in [-0.15, -0.1) is 33.4 Å². The first-order chi connectivity index (χ1) is 15.4. The smallest absolute Gasteiger partial charge is 0.250 e. The van der Waals surface area contributed by atoms with E-state index < -0.39 is 14.8 Å². The molecule has 0 radical (unpaired) electrons. The molecule has 8 nitrogen and oxygen atoms in total. The first-order valence-corrected chi connectivity index (χ1v) is 13.3. The summed E-state index contributed by atoms with van der Waals surface area (Å²) in [6.07, 6.45) is 8.08. The van der Waals surface area contributed by atoms with E-state index in [1.807, 2.05) is 6.08 Å². The monoisotopic (exact) mass is 517 g/mol. The van der Waals surface area contributed by atoms with Crippen molar-refractivity contribution in [3.05, 3.63) is 53.2 Å². The summed E-state index contributed by atoms with van der Waals surface area (Å²) in [5.41, 5.74) is 0.742. The molecule has 2 N–H and O–H groups in total. The van der Waals surface area contributed by atoms with Crippen LogP contribution in [0, 0.1) is 5.82 Å². The van der Waals surface area contributed by atoms with Crippen LogP contribution in [0.15, 0.2) is 34.9 Å². The average molecular weight is 519 g/mol. The number of carbonyl (C=O) groups is 1. The number of nitrogens with zero attached hydrogens (tertiary/aromatic N) is 3. The summed E-state index contributed by atoms with van der Waals surface area (Å²) in [6.45, 7) is -0.226. The van der Waals surface area contributed by atoms with Crippen molar-refractivity contribution in [3.63, 3.8) is 0 Å². The molecule has 1 amide bonds. The second kappa shape index (κ2) is 10.3. The molecular formula is C19H19Cl3FN5O3Si. The van der Waals surface area contributed by atoms with E-state index in [-0.39, 0.29) is 40.2 Å². The van der Waals surface area contributed by atoms with Gasteiger partial charge in [0.1, 0.15) is 5.75 Å². The Morgan fingerprint density at radius 1 is 1.38 bits per heavy atom. The minimum absolute atomic E-state index is 0.0861. The second-order valence-corrected chi connectivity index (χ2v) is 11.4. The molecule has 0 aromatic carbocycles. The van der Waals surface area contributed by atoms with Crippen molar-refractivity contribution in [1.82, 2.24) is 25.5 Å². The number of alkyl halides is 2. The normalized spacial score (nSPS) is 25.3. The highest BCUT2D eigenvalue weighted by atomic mass is 35.5. The number of pyridine rings is 1. The Labute approximate surface area is 199 Å². The van der Waals surface area contributed by atoms with Crippen LogP contribution in [0.4, 0.5) is 4.39 Å². The highest BCUT2D eigenvalue weighted by molar-refractivity contribution is 6.59. The van der Waals surface area contributed by atoms with E-state index in [2.05, 4.69) is 25.5 Å². The lowest BCUT2D eigenvalue weighted by Crippen LogP contribution is -2.51. The summed E-state index contributed by atoms with van der Waals surface area (Å²) >= 11 is 17.8. The number of aromatic nitrogens is 3. The van der Waals surface area contributed by atoms with E-state index >= 15 is 0 Å². The Bertz CT molecular complexity index is 1040. The third-order valence-corrected chi connectivity index (χ3v) is 8.72. The maximum absolute atomic E-state index is 13.4. The lowest BCUT2D eigenvalue weighted by Gasteiger charge is -2.27. The zero-order valence-electron chi connectivity index (χ0n) is 16.6. The molecule has 170 valence electrons. The predicted molar refractivity (Wildman–Crippen MR) is 121 cm³/mol. The molecule has 1 aliphatic heterocycles. The van der Waals surface area contributed by atoms with Crippen molar-refractivity contribution >= 4 is 55.2 Å². The van der Waals surface area contributed by atoms with Crippen molar-refractivity contribution in [2.75, 3.05) is 12.8 Å². The number of allylic oxidation sites excluding steroid dienone is 4. The van der Waals surface area contributed by atoms with E-state index in [4.69, 9.17) is 44.0 Å². The zero-order chi connectivity index (χ0) is 22.7. The van der Waals surface area contributed by atoms with Crippen LogP contribution in [0.3, 0.4) is 0 Å². The number of halogens is 4. The van der Waals surface area contributed by atoms with Crippen molar-refractivity contribution in [2.24, 2.45) is 0 Å². The van der Waals surface area contributed by atoms with Crippen LogP contribution in [0.25, 0.3) is 5.57 Å². The van der Waals surface area contributed by atoms with Gasteiger partial charge in [0.25, 0.3) is 0 Å². The number of carbonyl (C=O) groups excluding carboxylic acids is 1. The summed E-state index contributed by atoms with van der Waals surface area (Å²) in [7, 11) is -1.57. The van der Waals surface area contributed by atoms with Gasteiger partial charge in [-0.3, -0.25) is 4.79 Å². The molecule has 4 atom stereocenters. The molecule has 13 heteroatoms. The molecule has 2 aromatic heterocycles. The Balaban J connectivity index is 1.24. The van der Waals surface area contributed by atoms with Crippen LogP contribution in [0.1, 0.15) is 24.2 Å². The molecule has 0 saturated carbocycles. The second-order valence-electron chi connectivity index (χ2n) is 7.35. The fourth-order valence-corrected chi connectivity index (χ4v) is 6.11. The van der Waals surface area contributed by atoms with Crippen molar-refractivity contribution in [3.8, 4) is 5.75 Å². The maximum atomic E-state index is 13.4. The summed E-state index contributed by atoms with van der Waals surface area (Å²) < 4.78 is 24.5. The summed E-state index contributed by atoms with van der Waals surface area (Å²) in [4.78, 5) is 18.8. The van der Waals surface area contributed by atoms with Crippen molar-refractivity contribution in [2.45, 2.75) is 29.3 Å². The minimum atomic E-state index is -1.57. The standard InChI is InChI=1S/C19H19Cl3FN5O3Si/c20-12-2-1-10(5-13(12)21)18-26-27-19(31-18)15-3-4-32(9-25-15)28-16(29)8-30-11-6-14(23)17(22)24-7-11/h1-2,5-7,12-13,15,25,32H,3-4,8-9H2,(H,28,29)/t12?,13?,15-,32+/m1/s1. The van der Waals surface area contributed by atoms with Crippen LogP contribution in [-0.4, -0.2) is 53.6 Å². The first kappa shape index (κ1) is 23.2. The molecule has 3 heterocycles. The van der Waals surface area contributed by atoms with Gasteiger partial charge in [0, 0.05) is 17.8 Å². The van der Waals surface area contributed by atoms with Gasteiger partial charge in [-0.25, -0.2) is 9.37 Å². The van der Waals surface area contributed by atoms with Crippen LogP contribution in [-0.2, 0) is 4.79 Å². The minimum Gasteiger partial charge on any atom is -0.482 e. The van der Waals surface area contributed by atoms with Crippen LogP contribution < -0.4 is 15.0 Å². The number of rotatable bonds is 6. The van der Waals surface area contributed by atoms with Gasteiger partial charge in [0.05, 0.1) is 23.0 Å². The third-order valence-electron chi connectivity index (χ3n) is 5.01. The van der Waals surface area contributed by atoms with Gasteiger partial charge in [0.2, 0.25) is 17.7 Å². The van der Waals surface area contributed by atoms with Gasteiger partial charge in [-0.05, 0) is 12.5 Å². The average Bonchev–Trinajstić information content (AvgIpc) is 3.27. The van der Waals surface area contributed by atoms with Crippen LogP contribution in [0.5, 0.6) is 5.75 Å². The number of hydrogen-bond acceptors (Lipinski definition) is 7. The fraction of sp³-hybridized carbons (Fsp3) is 0.368. The number of hydrogen-bond donors (Lipinski definition) is 2. The number of ether oxygens (including phenoxy) is 1. The molecule has 0 spiro atoms. The maximum Gasteiger partial charge on any atom is 0.250 e. The van der Waals surface area contributed by atoms with Gasteiger partial charge in [-0.2, -0.15) is 0 Å². The molecule has 0 bridgehead atoms. The third kappa shape index (κ3) is 5.68. The Morgan fingerprint density at radius 3 is 2.94 bits per heavy atom. The molecule has 2 aromatic rings. The highest BCUT2D eigenvalue weighted by Crippen LogP contribution is 2.28. The Hall–Kier alpha value is -1.98. The van der Waals surface area contributed by atoms with Gasteiger partial charge in [0.15, 0.2) is 26.5 Å². The fourth-order valence-electron chi connectivity index (χ4n) is 3.35. The van der Waals surface area contributed by atoms with Gasteiger partial charge >= 0.3 is 0 Å². The Kier molecular flexibility index (Phi) is 7.46. The molecule has 1 saturated heterocycles. The predicted octanol–water partition coefficient (Wildman–Crippen LogP) is 2.92. The lowest BCUT2D eigenvalue weighted by molar-refractivity contribution is -0.121. The lowest BCUT2D eigenvalue weighted by atomic mass is 10.1. The zero-order valence-corrected chi connectivity index (χ0v) is 20.0. The SMILES string of the molecule is O=C(COc1cnc(Cl)c(F)c1)N[Si@H]1CC[C@H](c2nnc(C3=CC(Cl)C(Cl)C=C3)o2)NC1. The van der Waals surface area contributed by atoms with E-state index in [0.717, 1.165) is 24.1 Å². The summed E-state index contributed by atoms with van der Waals surface area (Å²) in [5.74, 6) is 0.0644. The molecule has 1 fully saturated rings. The van der Waals surface area contributed by atoms with Crippen LogP contribution >= 0.6 is 34.8 Å². The molecular weight excluding hydrogens is 500 g/mol. The molecule has 1 aliphatic carbocycles. The van der Waals surface area contributed by atoms with E-state index in [9.17, 15) is 9.18 Å². The van der Waals surface area contributed by atoms with Crippen molar-refractivity contribution < 1.29 is 18.3 Å². The largest absolute Gasteiger partial charge is 0.482 e. The van der Waals surface area contributed by atoms with E-state index in [1.165, 1.54) is 6.20 Å². The molecule has 32 heavy (non-hydrogen) atoms. The topological polar surface area (TPSA) is 102 Å². The molecule has 2 unspecified atom stereocenters.